The van der Waals surface area contributed by atoms with Crippen LogP contribution >= 0.6 is 0 Å². The van der Waals surface area contributed by atoms with E-state index >= 15 is 0 Å². The third-order valence-corrected chi connectivity index (χ3v) is 4.29. The lowest BCUT2D eigenvalue weighted by Crippen LogP contribution is -2.03. The molecule has 0 aliphatic heterocycles. The Bertz CT molecular complexity index is 762. The molecule has 0 aliphatic rings. The molecule has 0 atom stereocenters. The highest BCUT2D eigenvalue weighted by Crippen LogP contribution is 2.16. The van der Waals surface area contributed by atoms with E-state index in [2.05, 4.69) is 4.74 Å². The Morgan fingerprint density at radius 1 is 1.00 bits per heavy atom. The summed E-state index contributed by atoms with van der Waals surface area (Å²) in [4.78, 5) is 11.8. The van der Waals surface area contributed by atoms with E-state index in [1.165, 1.54) is 25.3 Å². The number of rotatable bonds is 4. The molecule has 0 N–H and O–H groups in total. The molecule has 0 bridgehead atoms. The molecule has 4 nitrogen and oxygen atoms in total. The first-order valence-electron chi connectivity index (χ1n) is 6.20. The number of methoxy groups -OCH3 is 1. The minimum atomic E-state index is -3.54. The average Bonchev–Trinajstić information content (AvgIpc) is 2.53. The van der Waals surface area contributed by atoms with Crippen molar-refractivity contribution >= 4 is 21.9 Å². The second-order valence-corrected chi connectivity index (χ2v) is 6.07. The summed E-state index contributed by atoms with van der Waals surface area (Å²) in [7, 11) is -2.26. The van der Waals surface area contributed by atoms with E-state index in [0.29, 0.717) is 11.1 Å². The molecule has 0 fully saturated rings. The molecule has 0 unspecified atom stereocenters. The number of carbonyl (C=O) groups is 1. The number of benzene rings is 2. The molecule has 21 heavy (non-hydrogen) atoms. The van der Waals surface area contributed by atoms with Gasteiger partial charge in [-0.2, -0.15) is 0 Å². The number of hydrogen-bond donors (Lipinski definition) is 0. The van der Waals surface area contributed by atoms with Gasteiger partial charge >= 0.3 is 5.97 Å². The van der Waals surface area contributed by atoms with Crippen LogP contribution < -0.4 is 0 Å². The SMILES string of the molecule is COC(=O)c1ccccc1C=CS(=O)(=O)c1ccccc1. The van der Waals surface area contributed by atoms with Gasteiger partial charge in [0.2, 0.25) is 0 Å². The van der Waals surface area contributed by atoms with Gasteiger partial charge in [0.1, 0.15) is 0 Å². The summed E-state index contributed by atoms with van der Waals surface area (Å²) in [6, 6.07) is 14.7. The highest BCUT2D eigenvalue weighted by molar-refractivity contribution is 7.94. The van der Waals surface area contributed by atoms with Gasteiger partial charge in [0.05, 0.1) is 17.6 Å². The summed E-state index contributed by atoms with van der Waals surface area (Å²) in [5, 5.41) is 1.09. The average molecular weight is 302 g/mol. The lowest BCUT2D eigenvalue weighted by molar-refractivity contribution is 0.0600. The van der Waals surface area contributed by atoms with E-state index < -0.39 is 15.8 Å². The first-order chi connectivity index (χ1) is 10.0. The van der Waals surface area contributed by atoms with Gasteiger partial charge in [-0.1, -0.05) is 36.4 Å². The van der Waals surface area contributed by atoms with Crippen molar-refractivity contribution in [3.8, 4) is 0 Å². The zero-order valence-corrected chi connectivity index (χ0v) is 12.2. The Labute approximate surface area is 123 Å². The van der Waals surface area contributed by atoms with Gasteiger partial charge in [-0.25, -0.2) is 13.2 Å². The van der Waals surface area contributed by atoms with Crippen LogP contribution in [0.3, 0.4) is 0 Å². The summed E-state index contributed by atoms with van der Waals surface area (Å²) in [5.74, 6) is -0.507. The molecule has 0 radical (unpaired) electrons. The van der Waals surface area contributed by atoms with Crippen LogP contribution in [0.15, 0.2) is 64.9 Å². The Hall–Kier alpha value is -2.40. The van der Waals surface area contributed by atoms with Gasteiger partial charge in [-0.3, -0.25) is 0 Å². The van der Waals surface area contributed by atoms with Crippen LogP contribution in [-0.4, -0.2) is 21.5 Å². The molecule has 5 heteroatoms. The normalized spacial score (nSPS) is 11.5. The molecule has 0 spiro atoms. The van der Waals surface area contributed by atoms with E-state index in [0.717, 1.165) is 5.41 Å². The van der Waals surface area contributed by atoms with Crippen molar-refractivity contribution in [2.45, 2.75) is 4.90 Å². The monoisotopic (exact) mass is 302 g/mol. The lowest BCUT2D eigenvalue weighted by atomic mass is 10.1. The fraction of sp³-hybridized carbons (Fsp3) is 0.0625. The van der Waals surface area contributed by atoms with Gasteiger partial charge in [-0.05, 0) is 29.8 Å². The van der Waals surface area contributed by atoms with E-state index in [9.17, 15) is 13.2 Å². The predicted octanol–water partition coefficient (Wildman–Crippen LogP) is 2.92. The number of carbonyl (C=O) groups excluding carboxylic acids is 1. The fourth-order valence-electron chi connectivity index (χ4n) is 1.79. The molecule has 0 aliphatic carbocycles. The Kier molecular flexibility index (Phi) is 4.55. The van der Waals surface area contributed by atoms with Crippen molar-refractivity contribution < 1.29 is 17.9 Å². The summed E-state index contributed by atoms with van der Waals surface area (Å²) in [6.45, 7) is 0. The molecule has 2 aromatic rings. The number of sulfone groups is 1. The van der Waals surface area contributed by atoms with Crippen LogP contribution in [-0.2, 0) is 14.6 Å². The zero-order chi connectivity index (χ0) is 15.3. The minimum absolute atomic E-state index is 0.205. The molecular weight excluding hydrogens is 288 g/mol. The van der Waals surface area contributed by atoms with Gasteiger partial charge in [0.15, 0.2) is 9.84 Å². The van der Waals surface area contributed by atoms with Crippen molar-refractivity contribution in [3.05, 3.63) is 71.1 Å². The van der Waals surface area contributed by atoms with Gasteiger partial charge in [0, 0.05) is 5.41 Å². The Balaban J connectivity index is 2.37. The first kappa shape index (κ1) is 15.0. The molecule has 108 valence electrons. The lowest BCUT2D eigenvalue weighted by Gasteiger charge is -2.03. The smallest absolute Gasteiger partial charge is 0.338 e. The summed E-state index contributed by atoms with van der Waals surface area (Å²) in [6.07, 6.45) is 1.40. The minimum Gasteiger partial charge on any atom is -0.465 e. The van der Waals surface area contributed by atoms with Crippen LogP contribution in [0.2, 0.25) is 0 Å². The van der Waals surface area contributed by atoms with Crippen molar-refractivity contribution in [2.24, 2.45) is 0 Å². The highest BCUT2D eigenvalue weighted by Gasteiger charge is 2.12. The third-order valence-electron chi connectivity index (χ3n) is 2.86. The molecule has 0 saturated heterocycles. The van der Waals surface area contributed by atoms with E-state index in [1.807, 2.05) is 0 Å². The van der Waals surface area contributed by atoms with E-state index in [1.54, 1.807) is 42.5 Å². The maximum Gasteiger partial charge on any atom is 0.338 e. The van der Waals surface area contributed by atoms with Crippen molar-refractivity contribution in [1.29, 1.82) is 0 Å². The van der Waals surface area contributed by atoms with E-state index in [4.69, 9.17) is 0 Å². The second-order valence-electron chi connectivity index (χ2n) is 4.24. The fourth-order valence-corrected chi connectivity index (χ4v) is 2.81. The van der Waals surface area contributed by atoms with Crippen LogP contribution in [0.1, 0.15) is 15.9 Å². The van der Waals surface area contributed by atoms with Crippen LogP contribution in [0, 0.1) is 0 Å². The summed E-state index contributed by atoms with van der Waals surface area (Å²) >= 11 is 0. The van der Waals surface area contributed by atoms with Crippen LogP contribution in [0.5, 0.6) is 0 Å². The molecule has 2 rings (SSSR count). The largest absolute Gasteiger partial charge is 0.465 e. The number of esters is 1. The topological polar surface area (TPSA) is 60.4 Å². The highest BCUT2D eigenvalue weighted by atomic mass is 32.2. The molecule has 0 aromatic heterocycles. The standard InChI is InChI=1S/C16H14O4S/c1-20-16(17)15-10-6-5-7-13(15)11-12-21(18,19)14-8-3-2-4-9-14/h2-12H,1H3. The summed E-state index contributed by atoms with van der Waals surface area (Å²) in [5.41, 5.74) is 0.809. The van der Waals surface area contributed by atoms with Gasteiger partial charge < -0.3 is 4.74 Å². The quantitative estimate of drug-likeness (QED) is 0.815. The maximum atomic E-state index is 12.2. The molecule has 0 saturated carbocycles. The third kappa shape index (κ3) is 3.58. The summed E-state index contributed by atoms with van der Waals surface area (Å²) < 4.78 is 29.0. The number of ether oxygens (including phenoxy) is 1. The second kappa shape index (κ2) is 6.37. The Morgan fingerprint density at radius 2 is 1.62 bits per heavy atom. The predicted molar refractivity (Wildman–Crippen MR) is 80.4 cm³/mol. The molecular formula is C16H14O4S. The number of hydrogen-bond acceptors (Lipinski definition) is 4. The molecule has 2 aromatic carbocycles. The van der Waals surface area contributed by atoms with Crippen molar-refractivity contribution in [2.75, 3.05) is 7.11 Å². The van der Waals surface area contributed by atoms with Gasteiger partial charge in [0.25, 0.3) is 0 Å². The zero-order valence-electron chi connectivity index (χ0n) is 11.4. The molecule has 0 amide bonds. The maximum absolute atomic E-state index is 12.2. The first-order valence-corrected chi connectivity index (χ1v) is 7.75. The van der Waals surface area contributed by atoms with Crippen molar-refractivity contribution in [1.82, 2.24) is 0 Å². The van der Waals surface area contributed by atoms with Crippen molar-refractivity contribution in [3.63, 3.8) is 0 Å². The van der Waals surface area contributed by atoms with Crippen LogP contribution in [0.25, 0.3) is 6.08 Å². The Morgan fingerprint density at radius 3 is 2.29 bits per heavy atom. The van der Waals surface area contributed by atoms with Gasteiger partial charge in [-0.15, -0.1) is 0 Å². The van der Waals surface area contributed by atoms with Crippen LogP contribution in [0.4, 0.5) is 0 Å². The molecule has 0 heterocycles. The van der Waals surface area contributed by atoms with E-state index in [-0.39, 0.29) is 4.90 Å².